The van der Waals surface area contributed by atoms with Crippen molar-refractivity contribution >= 4 is 28.9 Å². The summed E-state index contributed by atoms with van der Waals surface area (Å²) in [5, 5.41) is 3.87. The molecule has 0 saturated heterocycles. The third-order valence-electron chi connectivity index (χ3n) is 3.44. The molecule has 3 rings (SSSR count). The highest BCUT2D eigenvalue weighted by molar-refractivity contribution is 6.07. The highest BCUT2D eigenvalue weighted by Gasteiger charge is 2.24. The number of nitrogens with two attached hydrogens (primary N) is 1. The molecule has 26 heavy (non-hydrogen) atoms. The summed E-state index contributed by atoms with van der Waals surface area (Å²) in [5.74, 6) is -0.865. The first-order valence-corrected chi connectivity index (χ1v) is 7.73. The molecule has 0 atom stereocenters. The lowest BCUT2D eigenvalue weighted by molar-refractivity contribution is 0.0415. The van der Waals surface area contributed by atoms with Crippen molar-refractivity contribution < 1.29 is 28.0 Å². The molecule has 0 unspecified atom stereocenters. The number of nitrogens with zero attached hydrogens (tertiary/aromatic N) is 3. The summed E-state index contributed by atoms with van der Waals surface area (Å²) in [6, 6.07) is 1.45. The fraction of sp³-hybridized carbons (Fsp3) is 0.312. The molecule has 10 nitrogen and oxygen atoms in total. The van der Waals surface area contributed by atoms with E-state index >= 15 is 0 Å². The van der Waals surface area contributed by atoms with E-state index in [1.165, 1.54) is 6.07 Å². The number of rotatable bonds is 5. The Morgan fingerprint density at radius 2 is 1.96 bits per heavy atom. The molecule has 2 N–H and O–H groups in total. The van der Waals surface area contributed by atoms with Gasteiger partial charge < -0.3 is 24.1 Å². The minimum Gasteiger partial charge on any atom is -0.462 e. The van der Waals surface area contributed by atoms with Crippen LogP contribution in [0.2, 0.25) is 0 Å². The first kappa shape index (κ1) is 17.4. The van der Waals surface area contributed by atoms with Gasteiger partial charge in [0.1, 0.15) is 17.1 Å². The molecule has 0 aliphatic rings. The highest BCUT2D eigenvalue weighted by atomic mass is 16.6. The Labute approximate surface area is 147 Å². The van der Waals surface area contributed by atoms with Crippen molar-refractivity contribution in [3.8, 4) is 0 Å². The summed E-state index contributed by atoms with van der Waals surface area (Å²) in [4.78, 5) is 32.2. The van der Waals surface area contributed by atoms with Gasteiger partial charge in [0.15, 0.2) is 12.4 Å². The number of esters is 2. The van der Waals surface area contributed by atoms with Gasteiger partial charge in [0.05, 0.1) is 17.7 Å². The van der Waals surface area contributed by atoms with Crippen LogP contribution in [0.3, 0.4) is 0 Å². The number of carbonyl (C=O) groups excluding carboxylic acids is 2. The molecular formula is C16H16N4O6. The average molecular weight is 360 g/mol. The van der Waals surface area contributed by atoms with Crippen LogP contribution in [0.5, 0.6) is 0 Å². The van der Waals surface area contributed by atoms with E-state index in [4.69, 9.17) is 24.1 Å². The van der Waals surface area contributed by atoms with Gasteiger partial charge in [-0.25, -0.2) is 14.6 Å². The predicted molar refractivity (Wildman–Crippen MR) is 87.3 cm³/mol. The fourth-order valence-electron chi connectivity index (χ4n) is 2.36. The molecule has 0 radical (unpaired) electrons. The predicted octanol–water partition coefficient (Wildman–Crippen LogP) is 1.94. The zero-order valence-corrected chi connectivity index (χ0v) is 14.4. The standard InChI is InChI=1S/C16H16N4O6/c1-4-23-16(22)11-8(3)25-14-12(11)13(17)18-10(19-14)6-24-15(21)9-5-7(2)20-26-9/h5H,4,6H2,1-3H3,(H2,17,18,19). The molecule has 0 amide bonds. The Kier molecular flexibility index (Phi) is 4.57. The van der Waals surface area contributed by atoms with Crippen LogP contribution in [-0.2, 0) is 16.1 Å². The highest BCUT2D eigenvalue weighted by Crippen LogP contribution is 2.29. The number of fused-ring (bicyclic) bond motifs is 1. The van der Waals surface area contributed by atoms with E-state index in [1.54, 1.807) is 20.8 Å². The number of aromatic nitrogens is 3. The molecule has 136 valence electrons. The van der Waals surface area contributed by atoms with E-state index in [0.717, 1.165) is 0 Å². The monoisotopic (exact) mass is 360 g/mol. The lowest BCUT2D eigenvalue weighted by atomic mass is 10.2. The Balaban J connectivity index is 1.85. The number of nitrogen functional groups attached to an aromatic ring is 1. The second kappa shape index (κ2) is 6.82. The van der Waals surface area contributed by atoms with Gasteiger partial charge in [-0.2, -0.15) is 4.98 Å². The van der Waals surface area contributed by atoms with Crippen LogP contribution in [0.15, 0.2) is 15.0 Å². The van der Waals surface area contributed by atoms with Crippen LogP contribution >= 0.6 is 0 Å². The average Bonchev–Trinajstić information content (AvgIpc) is 3.16. The van der Waals surface area contributed by atoms with Gasteiger partial charge in [-0.15, -0.1) is 0 Å². The Bertz CT molecular complexity index is 990. The molecule has 0 aliphatic heterocycles. The summed E-state index contributed by atoms with van der Waals surface area (Å²) in [6.45, 7) is 4.92. The summed E-state index contributed by atoms with van der Waals surface area (Å²) < 4.78 is 20.4. The molecule has 3 heterocycles. The molecule has 0 fully saturated rings. The molecule has 0 saturated carbocycles. The van der Waals surface area contributed by atoms with Crippen LogP contribution in [0, 0.1) is 13.8 Å². The van der Waals surface area contributed by atoms with Crippen molar-refractivity contribution in [2.75, 3.05) is 12.3 Å². The SMILES string of the molecule is CCOC(=O)c1c(C)oc2nc(COC(=O)c3cc(C)no3)nc(N)c12. The maximum atomic E-state index is 12.1. The molecule has 0 aromatic carbocycles. The number of hydrogen-bond donors (Lipinski definition) is 1. The maximum Gasteiger partial charge on any atom is 0.377 e. The summed E-state index contributed by atoms with van der Waals surface area (Å²) in [5.41, 5.74) is 6.78. The van der Waals surface area contributed by atoms with E-state index in [-0.39, 0.29) is 47.3 Å². The Hall–Kier alpha value is -3.43. The minimum absolute atomic E-state index is 0.0245. The van der Waals surface area contributed by atoms with Crippen molar-refractivity contribution in [2.24, 2.45) is 0 Å². The van der Waals surface area contributed by atoms with E-state index in [1.807, 2.05) is 0 Å². The van der Waals surface area contributed by atoms with Gasteiger partial charge in [-0.05, 0) is 20.8 Å². The second-order valence-electron chi connectivity index (χ2n) is 5.37. The van der Waals surface area contributed by atoms with Crippen molar-refractivity contribution in [2.45, 2.75) is 27.4 Å². The molecule has 10 heteroatoms. The number of hydrogen-bond acceptors (Lipinski definition) is 10. The summed E-state index contributed by atoms with van der Waals surface area (Å²) >= 11 is 0. The zero-order valence-electron chi connectivity index (χ0n) is 14.4. The minimum atomic E-state index is -0.712. The van der Waals surface area contributed by atoms with Gasteiger partial charge in [0, 0.05) is 6.07 Å². The van der Waals surface area contributed by atoms with Gasteiger partial charge in [0.25, 0.3) is 0 Å². The number of carbonyl (C=O) groups is 2. The third kappa shape index (κ3) is 3.21. The smallest absolute Gasteiger partial charge is 0.377 e. The summed E-state index contributed by atoms with van der Waals surface area (Å²) in [6.07, 6.45) is 0. The Morgan fingerprint density at radius 1 is 1.19 bits per heavy atom. The zero-order chi connectivity index (χ0) is 18.8. The van der Waals surface area contributed by atoms with Crippen molar-refractivity contribution in [3.63, 3.8) is 0 Å². The van der Waals surface area contributed by atoms with Gasteiger partial charge in [0.2, 0.25) is 11.5 Å². The molecule has 3 aromatic rings. The number of ether oxygens (including phenoxy) is 2. The van der Waals surface area contributed by atoms with Crippen LogP contribution in [0.25, 0.3) is 11.1 Å². The first-order chi connectivity index (χ1) is 12.4. The van der Waals surface area contributed by atoms with Crippen LogP contribution < -0.4 is 5.73 Å². The number of anilines is 1. The number of furan rings is 1. The first-order valence-electron chi connectivity index (χ1n) is 7.73. The van der Waals surface area contributed by atoms with Gasteiger partial charge >= 0.3 is 11.9 Å². The normalized spacial score (nSPS) is 10.9. The Morgan fingerprint density at radius 3 is 2.62 bits per heavy atom. The van der Waals surface area contributed by atoms with Crippen molar-refractivity contribution in [1.82, 2.24) is 15.1 Å². The number of aryl methyl sites for hydroxylation is 2. The lowest BCUT2D eigenvalue weighted by Crippen LogP contribution is -2.09. The van der Waals surface area contributed by atoms with Gasteiger partial charge in [-0.3, -0.25) is 0 Å². The largest absolute Gasteiger partial charge is 0.462 e. The van der Waals surface area contributed by atoms with E-state index in [2.05, 4.69) is 15.1 Å². The van der Waals surface area contributed by atoms with Crippen molar-refractivity contribution in [3.05, 3.63) is 34.7 Å². The quantitative estimate of drug-likeness (QED) is 0.670. The molecule has 3 aromatic heterocycles. The van der Waals surface area contributed by atoms with Crippen LogP contribution in [0.4, 0.5) is 5.82 Å². The maximum absolute atomic E-state index is 12.1. The van der Waals surface area contributed by atoms with E-state index in [9.17, 15) is 9.59 Å². The molecule has 0 bridgehead atoms. The van der Waals surface area contributed by atoms with Crippen molar-refractivity contribution in [1.29, 1.82) is 0 Å². The van der Waals surface area contributed by atoms with E-state index in [0.29, 0.717) is 11.5 Å². The van der Waals surface area contributed by atoms with E-state index < -0.39 is 11.9 Å². The molecule has 0 aliphatic carbocycles. The third-order valence-corrected chi connectivity index (χ3v) is 3.44. The van der Waals surface area contributed by atoms with Gasteiger partial charge in [-0.1, -0.05) is 5.16 Å². The van der Waals surface area contributed by atoms with Crippen LogP contribution in [-0.4, -0.2) is 33.7 Å². The van der Waals surface area contributed by atoms with Crippen LogP contribution in [0.1, 0.15) is 45.1 Å². The fourth-order valence-corrected chi connectivity index (χ4v) is 2.36. The molecular weight excluding hydrogens is 344 g/mol. The summed E-state index contributed by atoms with van der Waals surface area (Å²) in [7, 11) is 0. The second-order valence-corrected chi connectivity index (χ2v) is 5.37. The molecule has 0 spiro atoms. The lowest BCUT2D eigenvalue weighted by Gasteiger charge is -2.04. The topological polar surface area (TPSA) is 144 Å².